The van der Waals surface area contributed by atoms with Crippen LogP contribution in [0.25, 0.3) is 0 Å². The fourth-order valence-corrected chi connectivity index (χ4v) is 4.90. The van der Waals surface area contributed by atoms with Crippen LogP contribution in [0.2, 0.25) is 0 Å². The molecule has 0 saturated heterocycles. The van der Waals surface area contributed by atoms with Crippen LogP contribution < -0.4 is 5.32 Å². The maximum atomic E-state index is 13.5. The topological polar surface area (TPSA) is 102 Å². The predicted octanol–water partition coefficient (Wildman–Crippen LogP) is 4.03. The molecule has 9 heteroatoms. The largest absolute Gasteiger partial charge is 0.416 e. The summed E-state index contributed by atoms with van der Waals surface area (Å²) in [6.45, 7) is 3.83. The third-order valence-electron chi connectivity index (χ3n) is 6.51. The number of nitrogens with zero attached hydrogens (tertiary/aromatic N) is 4. The van der Waals surface area contributed by atoms with E-state index >= 15 is 0 Å². The van der Waals surface area contributed by atoms with E-state index in [1.807, 2.05) is 26.0 Å². The molecule has 1 aromatic heterocycles. The number of amides is 1. The molecule has 2 aromatic rings. The summed E-state index contributed by atoms with van der Waals surface area (Å²) in [4.78, 5) is 22.1. The van der Waals surface area contributed by atoms with E-state index in [0.29, 0.717) is 24.2 Å². The number of nitrogens with one attached hydrogen (secondary N) is 1. The number of alkyl halides is 3. The van der Waals surface area contributed by atoms with E-state index < -0.39 is 28.5 Å². The van der Waals surface area contributed by atoms with Gasteiger partial charge in [-0.3, -0.25) is 4.79 Å². The summed E-state index contributed by atoms with van der Waals surface area (Å²) in [5, 5.41) is 21.3. The van der Waals surface area contributed by atoms with Crippen molar-refractivity contribution in [1.29, 1.82) is 10.5 Å². The van der Waals surface area contributed by atoms with Gasteiger partial charge in [0.15, 0.2) is 11.4 Å². The quantitative estimate of drug-likeness (QED) is 0.804. The average Bonchev–Trinajstić information content (AvgIpc) is 3.08. The van der Waals surface area contributed by atoms with Crippen LogP contribution in [0.15, 0.2) is 24.3 Å². The summed E-state index contributed by atoms with van der Waals surface area (Å²) < 4.78 is 38.4. The first-order valence-corrected chi connectivity index (χ1v) is 9.27. The van der Waals surface area contributed by atoms with Crippen LogP contribution in [-0.2, 0) is 16.4 Å². The predicted molar refractivity (Wildman–Crippen MR) is 99.0 cm³/mol. The number of rotatable bonds is 2. The second-order valence-electron chi connectivity index (χ2n) is 8.13. The van der Waals surface area contributed by atoms with Gasteiger partial charge in [-0.15, -0.1) is 0 Å². The lowest BCUT2D eigenvalue weighted by Crippen LogP contribution is -2.46. The van der Waals surface area contributed by atoms with Gasteiger partial charge >= 0.3 is 6.18 Å². The molecule has 1 N–H and O–H groups in total. The first kappa shape index (κ1) is 19.8. The summed E-state index contributed by atoms with van der Waals surface area (Å²) in [5.41, 5.74) is -1.54. The number of fused-ring (bicyclic) bond motifs is 5. The second-order valence-corrected chi connectivity index (χ2v) is 8.13. The van der Waals surface area contributed by atoms with Gasteiger partial charge in [0.1, 0.15) is 12.1 Å². The van der Waals surface area contributed by atoms with Gasteiger partial charge in [-0.2, -0.15) is 23.7 Å². The Kier molecular flexibility index (Phi) is 4.14. The van der Waals surface area contributed by atoms with Crippen molar-refractivity contribution >= 4 is 11.6 Å². The van der Waals surface area contributed by atoms with E-state index in [9.17, 15) is 28.5 Å². The Morgan fingerprint density at radius 2 is 1.73 bits per heavy atom. The number of aromatic nitrogens is 2. The summed E-state index contributed by atoms with van der Waals surface area (Å²) >= 11 is 0. The SMILES string of the molecule is CC1(C)[C@@H]2CC[C@]1(C(=O)Nc1ccc(C(F)(F)F)cc1)c1nc(C#N)c(C#N)nc12. The number of carbonyl (C=O) groups excluding carboxylic acids is 1. The van der Waals surface area contributed by atoms with Gasteiger partial charge in [0, 0.05) is 11.6 Å². The number of hydrogen-bond donors (Lipinski definition) is 1. The highest BCUT2D eigenvalue weighted by Crippen LogP contribution is 2.67. The second kappa shape index (κ2) is 6.27. The molecular formula is C21H16F3N5O. The molecule has 4 rings (SSSR count). The summed E-state index contributed by atoms with van der Waals surface area (Å²) in [6, 6.07) is 7.96. The van der Waals surface area contributed by atoms with Crippen LogP contribution in [0.3, 0.4) is 0 Å². The van der Waals surface area contributed by atoms with Crippen molar-refractivity contribution in [2.75, 3.05) is 5.32 Å². The van der Waals surface area contributed by atoms with Crippen molar-refractivity contribution in [2.45, 2.75) is 44.2 Å². The molecule has 0 unspecified atom stereocenters. The molecule has 2 aliphatic carbocycles. The zero-order chi connectivity index (χ0) is 21.9. The highest BCUT2D eigenvalue weighted by Gasteiger charge is 2.68. The Morgan fingerprint density at radius 1 is 1.13 bits per heavy atom. The Balaban J connectivity index is 1.76. The Labute approximate surface area is 170 Å². The molecule has 1 amide bonds. The number of hydrogen-bond acceptors (Lipinski definition) is 5. The van der Waals surface area contributed by atoms with Crippen LogP contribution in [0.5, 0.6) is 0 Å². The molecule has 2 aliphatic rings. The van der Waals surface area contributed by atoms with E-state index in [1.165, 1.54) is 12.1 Å². The molecule has 2 atom stereocenters. The molecule has 1 fully saturated rings. The molecular weight excluding hydrogens is 395 g/mol. The maximum Gasteiger partial charge on any atom is 0.416 e. The van der Waals surface area contributed by atoms with Crippen LogP contribution in [-0.4, -0.2) is 15.9 Å². The summed E-state index contributed by atoms with van der Waals surface area (Å²) in [6.07, 6.45) is -3.34. The number of carbonyl (C=O) groups is 1. The Morgan fingerprint density at radius 3 is 2.30 bits per heavy atom. The Bertz CT molecular complexity index is 1140. The third-order valence-corrected chi connectivity index (χ3v) is 6.51. The molecule has 1 saturated carbocycles. The van der Waals surface area contributed by atoms with Crippen LogP contribution in [0.4, 0.5) is 18.9 Å². The van der Waals surface area contributed by atoms with Crippen molar-refractivity contribution in [2.24, 2.45) is 5.41 Å². The van der Waals surface area contributed by atoms with Crippen molar-refractivity contribution in [1.82, 2.24) is 9.97 Å². The first-order chi connectivity index (χ1) is 14.1. The molecule has 6 nitrogen and oxygen atoms in total. The van der Waals surface area contributed by atoms with Gasteiger partial charge in [-0.25, -0.2) is 9.97 Å². The molecule has 1 aromatic carbocycles. The lowest BCUT2D eigenvalue weighted by atomic mass is 9.67. The smallest absolute Gasteiger partial charge is 0.325 e. The lowest BCUT2D eigenvalue weighted by molar-refractivity contribution is -0.137. The van der Waals surface area contributed by atoms with Gasteiger partial charge in [0.2, 0.25) is 5.91 Å². The van der Waals surface area contributed by atoms with Crippen LogP contribution in [0, 0.1) is 28.1 Å². The molecule has 0 radical (unpaired) electrons. The summed E-state index contributed by atoms with van der Waals surface area (Å²) in [7, 11) is 0. The molecule has 1 heterocycles. The molecule has 0 aliphatic heterocycles. The number of benzene rings is 1. The van der Waals surface area contributed by atoms with E-state index in [0.717, 1.165) is 12.1 Å². The van der Waals surface area contributed by atoms with Crippen LogP contribution in [0.1, 0.15) is 60.9 Å². The number of anilines is 1. The number of halogens is 3. The fraction of sp³-hybridized carbons (Fsp3) is 0.381. The van der Waals surface area contributed by atoms with Gasteiger partial charge in [0.25, 0.3) is 0 Å². The van der Waals surface area contributed by atoms with E-state index in [-0.39, 0.29) is 23.0 Å². The first-order valence-electron chi connectivity index (χ1n) is 9.27. The van der Waals surface area contributed by atoms with E-state index in [4.69, 9.17) is 0 Å². The minimum atomic E-state index is -4.46. The monoisotopic (exact) mass is 411 g/mol. The van der Waals surface area contributed by atoms with Gasteiger partial charge in [-0.1, -0.05) is 13.8 Å². The number of nitriles is 2. The van der Waals surface area contributed by atoms with E-state index in [1.54, 1.807) is 0 Å². The third kappa shape index (κ3) is 2.51. The minimum Gasteiger partial charge on any atom is -0.325 e. The van der Waals surface area contributed by atoms with Crippen molar-refractivity contribution in [3.8, 4) is 12.1 Å². The lowest BCUT2D eigenvalue weighted by Gasteiger charge is -2.36. The zero-order valence-electron chi connectivity index (χ0n) is 16.1. The average molecular weight is 411 g/mol. The van der Waals surface area contributed by atoms with Crippen molar-refractivity contribution < 1.29 is 18.0 Å². The fourth-order valence-electron chi connectivity index (χ4n) is 4.90. The van der Waals surface area contributed by atoms with E-state index in [2.05, 4.69) is 15.3 Å². The van der Waals surface area contributed by atoms with Crippen molar-refractivity contribution in [3.63, 3.8) is 0 Å². The van der Waals surface area contributed by atoms with Crippen molar-refractivity contribution in [3.05, 3.63) is 52.6 Å². The van der Waals surface area contributed by atoms with Gasteiger partial charge < -0.3 is 5.32 Å². The highest BCUT2D eigenvalue weighted by atomic mass is 19.4. The normalized spacial score (nSPS) is 23.4. The summed E-state index contributed by atoms with van der Waals surface area (Å²) in [5.74, 6) is -0.519. The standard InChI is InChI=1S/C21H16F3N5O/c1-19(2)13-7-8-20(19,17-16(13)28-14(9-25)15(10-26)29-17)18(30)27-12-5-3-11(4-6-12)21(22,23)24/h3-6,13H,7-8H2,1-2H3,(H,27,30)/t13-,20-/m1/s1. The highest BCUT2D eigenvalue weighted by molar-refractivity contribution is 6.01. The van der Waals surface area contributed by atoms with Gasteiger partial charge in [0.05, 0.1) is 22.4 Å². The molecule has 30 heavy (non-hydrogen) atoms. The zero-order valence-corrected chi connectivity index (χ0v) is 16.1. The molecule has 2 bridgehead atoms. The molecule has 152 valence electrons. The van der Waals surface area contributed by atoms with Gasteiger partial charge in [-0.05, 0) is 42.5 Å². The minimum absolute atomic E-state index is 0.0714. The maximum absolute atomic E-state index is 13.5. The molecule has 0 spiro atoms. The van der Waals surface area contributed by atoms with Crippen LogP contribution >= 0.6 is 0 Å². The Hall–Kier alpha value is -3.46.